The number of hydrogen-bond acceptors (Lipinski definition) is 1. The number of fused-ring (bicyclic) bond motifs is 13. The maximum atomic E-state index is 3.89. The summed E-state index contributed by atoms with van der Waals surface area (Å²) in [5, 5.41) is 3.89. The molecule has 0 bridgehead atoms. The molecule has 0 saturated carbocycles. The fraction of sp³-hybridized carbons (Fsp3) is 0.0870. The molecule has 1 nitrogen and oxygen atoms in total. The van der Waals surface area contributed by atoms with E-state index >= 15 is 0 Å². The van der Waals surface area contributed by atoms with Crippen LogP contribution in [-0.2, 0) is 10.8 Å². The Morgan fingerprint density at radius 2 is 0.894 bits per heavy atom. The highest BCUT2D eigenvalue weighted by Crippen LogP contribution is 2.63. The molecule has 0 aliphatic heterocycles. The van der Waals surface area contributed by atoms with Gasteiger partial charge in [-0.05, 0) is 96.6 Å². The van der Waals surface area contributed by atoms with Crippen molar-refractivity contribution >= 4 is 11.4 Å². The maximum Gasteiger partial charge on any atom is 0.0726 e. The van der Waals surface area contributed by atoms with Gasteiger partial charge in [0, 0.05) is 22.4 Å². The molecule has 3 aliphatic carbocycles. The Morgan fingerprint density at radius 3 is 1.60 bits per heavy atom. The van der Waals surface area contributed by atoms with E-state index in [1.54, 1.807) is 0 Å². The zero-order chi connectivity index (χ0) is 31.3. The SMILES string of the molecule is CC1(C)c2ccccc2-c2cc(-c3cccc(Nc4cccc5c4-c4ccccc4C54c5ccccc5-c5ccccc54)c3)ccc21. The van der Waals surface area contributed by atoms with Gasteiger partial charge in [0.15, 0.2) is 0 Å². The molecule has 0 radical (unpaired) electrons. The third kappa shape index (κ3) is 3.44. The molecule has 0 unspecified atom stereocenters. The van der Waals surface area contributed by atoms with E-state index in [2.05, 4.69) is 177 Å². The van der Waals surface area contributed by atoms with Crippen molar-refractivity contribution in [1.82, 2.24) is 0 Å². The molecule has 1 N–H and O–H groups in total. The van der Waals surface area contributed by atoms with Crippen molar-refractivity contribution in [3.63, 3.8) is 0 Å². The van der Waals surface area contributed by atoms with Crippen molar-refractivity contribution in [3.8, 4) is 44.5 Å². The van der Waals surface area contributed by atoms with Crippen LogP contribution in [0.2, 0.25) is 0 Å². The first-order valence-electron chi connectivity index (χ1n) is 16.6. The molecule has 1 heteroatoms. The van der Waals surface area contributed by atoms with Crippen LogP contribution in [0.3, 0.4) is 0 Å². The molecule has 0 heterocycles. The summed E-state index contributed by atoms with van der Waals surface area (Å²) < 4.78 is 0. The van der Waals surface area contributed by atoms with E-state index in [1.807, 2.05) is 0 Å². The minimum absolute atomic E-state index is 0.00947. The smallest absolute Gasteiger partial charge is 0.0726 e. The van der Waals surface area contributed by atoms with Crippen LogP contribution in [-0.4, -0.2) is 0 Å². The van der Waals surface area contributed by atoms with Crippen LogP contribution < -0.4 is 5.32 Å². The molecular formula is C46H33N. The second-order valence-electron chi connectivity index (χ2n) is 13.8. The van der Waals surface area contributed by atoms with Crippen LogP contribution in [0.25, 0.3) is 44.5 Å². The van der Waals surface area contributed by atoms with Gasteiger partial charge in [-0.1, -0.05) is 147 Å². The lowest BCUT2D eigenvalue weighted by molar-refractivity contribution is 0.660. The molecule has 0 saturated heterocycles. The number of hydrogen-bond donors (Lipinski definition) is 1. The number of anilines is 2. The van der Waals surface area contributed by atoms with Crippen molar-refractivity contribution in [2.75, 3.05) is 5.32 Å². The Balaban J connectivity index is 1.10. The third-order valence-electron chi connectivity index (χ3n) is 11.1. The van der Waals surface area contributed by atoms with Crippen molar-refractivity contribution < 1.29 is 0 Å². The van der Waals surface area contributed by atoms with Crippen molar-refractivity contribution in [2.24, 2.45) is 0 Å². The van der Waals surface area contributed by atoms with E-state index in [1.165, 1.54) is 77.9 Å². The highest BCUT2D eigenvalue weighted by molar-refractivity contribution is 5.99. The fourth-order valence-corrected chi connectivity index (χ4v) is 9.08. The maximum absolute atomic E-state index is 3.89. The molecule has 0 atom stereocenters. The van der Waals surface area contributed by atoms with Crippen molar-refractivity contribution in [2.45, 2.75) is 24.7 Å². The van der Waals surface area contributed by atoms with Gasteiger partial charge in [-0.15, -0.1) is 0 Å². The summed E-state index contributed by atoms with van der Waals surface area (Å²) in [4.78, 5) is 0. The Bertz CT molecular complexity index is 2380. The molecule has 0 fully saturated rings. The topological polar surface area (TPSA) is 12.0 Å². The number of nitrogens with one attached hydrogen (secondary N) is 1. The lowest BCUT2D eigenvalue weighted by Crippen LogP contribution is -2.25. The first kappa shape index (κ1) is 26.5. The number of rotatable bonds is 3. The molecule has 0 amide bonds. The van der Waals surface area contributed by atoms with Gasteiger partial charge in [-0.2, -0.15) is 0 Å². The second kappa shape index (κ2) is 9.44. The standard InChI is InChI=1S/C46H33N/c1-45(2)37-19-7-3-17-34(37)36-28-30(25-26-38(36)45)29-13-11-14-31(27-29)47-43-24-12-23-42-44(43)35-18-6-10-22-41(35)46(42)39-20-8-4-15-32(39)33-16-5-9-21-40(33)46/h3-28,47H,1-2H3. The predicted molar refractivity (Wildman–Crippen MR) is 195 cm³/mol. The van der Waals surface area contributed by atoms with Gasteiger partial charge in [0.2, 0.25) is 0 Å². The number of benzene rings is 7. The normalized spacial score (nSPS) is 14.9. The zero-order valence-corrected chi connectivity index (χ0v) is 26.5. The summed E-state index contributed by atoms with van der Waals surface area (Å²) in [7, 11) is 0. The van der Waals surface area contributed by atoms with E-state index in [-0.39, 0.29) is 10.8 Å². The Kier molecular flexibility index (Phi) is 5.33. The van der Waals surface area contributed by atoms with Gasteiger partial charge in [-0.25, -0.2) is 0 Å². The predicted octanol–water partition coefficient (Wildman–Crippen LogP) is 11.7. The van der Waals surface area contributed by atoms with Crippen LogP contribution in [0.4, 0.5) is 11.4 Å². The van der Waals surface area contributed by atoms with Crippen LogP contribution in [0.5, 0.6) is 0 Å². The van der Waals surface area contributed by atoms with Crippen molar-refractivity contribution in [1.29, 1.82) is 0 Å². The molecule has 222 valence electrons. The van der Waals surface area contributed by atoms with E-state index < -0.39 is 0 Å². The second-order valence-corrected chi connectivity index (χ2v) is 13.8. The summed E-state index contributed by atoms with van der Waals surface area (Å²) in [5.41, 5.74) is 20.5. The first-order chi connectivity index (χ1) is 23.1. The van der Waals surface area contributed by atoms with E-state index in [4.69, 9.17) is 0 Å². The van der Waals surface area contributed by atoms with Crippen LogP contribution in [0, 0.1) is 0 Å². The summed E-state index contributed by atoms with van der Waals surface area (Å²) >= 11 is 0. The molecule has 10 rings (SSSR count). The van der Waals surface area contributed by atoms with E-state index in [0.29, 0.717) is 0 Å². The van der Waals surface area contributed by atoms with Gasteiger partial charge in [0.25, 0.3) is 0 Å². The molecule has 7 aromatic rings. The summed E-state index contributed by atoms with van der Waals surface area (Å²) in [6, 6.07) is 58.6. The van der Waals surface area contributed by atoms with Gasteiger partial charge < -0.3 is 5.32 Å². The molecule has 3 aliphatic rings. The Morgan fingerprint density at radius 1 is 0.383 bits per heavy atom. The van der Waals surface area contributed by atoms with Gasteiger partial charge in [0.1, 0.15) is 0 Å². The molecule has 1 spiro atoms. The third-order valence-corrected chi connectivity index (χ3v) is 11.1. The zero-order valence-electron chi connectivity index (χ0n) is 26.5. The lowest BCUT2D eigenvalue weighted by Gasteiger charge is -2.30. The summed E-state index contributed by atoms with van der Waals surface area (Å²) in [6.45, 7) is 4.68. The van der Waals surface area contributed by atoms with Crippen LogP contribution in [0.15, 0.2) is 158 Å². The van der Waals surface area contributed by atoms with Gasteiger partial charge in [-0.3, -0.25) is 0 Å². The van der Waals surface area contributed by atoms with Gasteiger partial charge >= 0.3 is 0 Å². The van der Waals surface area contributed by atoms with Crippen molar-refractivity contribution in [3.05, 3.63) is 191 Å². The first-order valence-corrected chi connectivity index (χ1v) is 16.6. The van der Waals surface area contributed by atoms with Crippen LogP contribution >= 0.6 is 0 Å². The average Bonchev–Trinajstić information content (AvgIpc) is 3.68. The largest absolute Gasteiger partial charge is 0.355 e. The molecule has 7 aromatic carbocycles. The lowest BCUT2D eigenvalue weighted by atomic mass is 9.70. The average molecular weight is 600 g/mol. The minimum Gasteiger partial charge on any atom is -0.355 e. The van der Waals surface area contributed by atoms with E-state index in [0.717, 1.165) is 11.4 Å². The molecular weight excluding hydrogens is 567 g/mol. The monoisotopic (exact) mass is 599 g/mol. The highest BCUT2D eigenvalue weighted by Gasteiger charge is 2.52. The quantitative estimate of drug-likeness (QED) is 0.213. The highest BCUT2D eigenvalue weighted by atomic mass is 14.9. The van der Waals surface area contributed by atoms with Crippen LogP contribution in [0.1, 0.15) is 47.2 Å². The summed E-state index contributed by atoms with van der Waals surface area (Å²) in [6.07, 6.45) is 0. The molecule has 47 heavy (non-hydrogen) atoms. The fourth-order valence-electron chi connectivity index (χ4n) is 9.08. The summed E-state index contributed by atoms with van der Waals surface area (Å²) in [5.74, 6) is 0. The minimum atomic E-state index is -0.340. The van der Waals surface area contributed by atoms with Gasteiger partial charge in [0.05, 0.1) is 5.41 Å². The Hall–Kier alpha value is -5.66. The Labute approximate surface area is 276 Å². The molecule has 0 aromatic heterocycles. The van der Waals surface area contributed by atoms with E-state index in [9.17, 15) is 0 Å².